The van der Waals surface area contributed by atoms with E-state index in [1.807, 2.05) is 49.6 Å². The van der Waals surface area contributed by atoms with Gasteiger partial charge in [0.25, 0.3) is 0 Å². The molecule has 0 fully saturated rings. The van der Waals surface area contributed by atoms with Crippen molar-refractivity contribution in [1.29, 1.82) is 0 Å². The van der Waals surface area contributed by atoms with Gasteiger partial charge >= 0.3 is 0 Å². The van der Waals surface area contributed by atoms with Crippen LogP contribution in [-0.2, 0) is 20.9 Å². The van der Waals surface area contributed by atoms with E-state index in [0.717, 1.165) is 21.7 Å². The fourth-order valence-corrected chi connectivity index (χ4v) is 3.22. The molecule has 2 N–H and O–H groups in total. The van der Waals surface area contributed by atoms with E-state index in [0.29, 0.717) is 19.7 Å². The smallest absolute Gasteiger partial charge is 0.238 e. The van der Waals surface area contributed by atoms with E-state index in [4.69, 9.17) is 4.74 Å². The second kappa shape index (κ2) is 10.8. The standard InChI is InChI=1S/C20H27N3O3S/c1-15-6-4-8-18(16(15)2)22-20(25)14-23(9-10-26-3)13-19(24)21-12-17-7-5-11-27-17/h4-8,11H,9-10,12-14H2,1-3H3,(H,21,24)(H,22,25). The van der Waals surface area contributed by atoms with Crippen molar-refractivity contribution in [3.63, 3.8) is 0 Å². The lowest BCUT2D eigenvalue weighted by Crippen LogP contribution is -2.42. The number of hydrogen-bond acceptors (Lipinski definition) is 5. The molecule has 0 spiro atoms. The van der Waals surface area contributed by atoms with Crippen LogP contribution in [0, 0.1) is 13.8 Å². The Labute approximate surface area is 164 Å². The lowest BCUT2D eigenvalue weighted by molar-refractivity contribution is -0.123. The first-order valence-corrected chi connectivity index (χ1v) is 9.74. The van der Waals surface area contributed by atoms with E-state index in [2.05, 4.69) is 10.6 Å². The summed E-state index contributed by atoms with van der Waals surface area (Å²) in [4.78, 5) is 27.6. The van der Waals surface area contributed by atoms with Crippen LogP contribution in [0.3, 0.4) is 0 Å². The number of carbonyl (C=O) groups excluding carboxylic acids is 2. The Balaban J connectivity index is 1.89. The van der Waals surface area contributed by atoms with Gasteiger partial charge in [-0.1, -0.05) is 18.2 Å². The minimum Gasteiger partial charge on any atom is -0.383 e. The van der Waals surface area contributed by atoms with E-state index < -0.39 is 0 Å². The summed E-state index contributed by atoms with van der Waals surface area (Å²) in [6.45, 7) is 5.72. The van der Waals surface area contributed by atoms with Crippen LogP contribution in [0.4, 0.5) is 5.69 Å². The number of hydrogen-bond donors (Lipinski definition) is 2. The molecule has 6 nitrogen and oxygen atoms in total. The number of nitrogens with zero attached hydrogens (tertiary/aromatic N) is 1. The first-order valence-electron chi connectivity index (χ1n) is 8.86. The molecule has 0 atom stereocenters. The SMILES string of the molecule is COCCN(CC(=O)NCc1cccs1)CC(=O)Nc1cccc(C)c1C. The third-order valence-corrected chi connectivity index (χ3v) is 5.14. The van der Waals surface area contributed by atoms with Crippen molar-refractivity contribution in [2.24, 2.45) is 0 Å². The molecule has 0 radical (unpaired) electrons. The monoisotopic (exact) mass is 389 g/mol. The van der Waals surface area contributed by atoms with Crippen LogP contribution in [0.2, 0.25) is 0 Å². The summed E-state index contributed by atoms with van der Waals surface area (Å²) in [5.41, 5.74) is 2.97. The number of thiophene rings is 1. The zero-order valence-corrected chi connectivity index (χ0v) is 16.9. The van der Waals surface area contributed by atoms with Crippen molar-refractivity contribution < 1.29 is 14.3 Å². The Bertz CT molecular complexity index is 747. The average Bonchev–Trinajstić information content (AvgIpc) is 3.15. The third kappa shape index (κ3) is 7.13. The molecule has 0 unspecified atom stereocenters. The summed E-state index contributed by atoms with van der Waals surface area (Å²) in [5, 5.41) is 7.80. The summed E-state index contributed by atoms with van der Waals surface area (Å²) in [6, 6.07) is 9.74. The zero-order valence-electron chi connectivity index (χ0n) is 16.1. The molecule has 2 rings (SSSR count). The van der Waals surface area contributed by atoms with E-state index in [9.17, 15) is 9.59 Å². The number of methoxy groups -OCH3 is 1. The minimum atomic E-state index is -0.147. The van der Waals surface area contributed by atoms with Gasteiger partial charge in [-0.25, -0.2) is 0 Å². The highest BCUT2D eigenvalue weighted by Gasteiger charge is 2.15. The van der Waals surface area contributed by atoms with Crippen LogP contribution < -0.4 is 10.6 Å². The molecule has 0 saturated carbocycles. The molecule has 2 amide bonds. The fraction of sp³-hybridized carbons (Fsp3) is 0.400. The number of anilines is 1. The van der Waals surface area contributed by atoms with Gasteiger partial charge in [-0.05, 0) is 42.5 Å². The molecule has 1 aromatic carbocycles. The molecule has 1 aromatic heterocycles. The van der Waals surface area contributed by atoms with Crippen LogP contribution in [0.25, 0.3) is 0 Å². The second-order valence-corrected chi connectivity index (χ2v) is 7.39. The van der Waals surface area contributed by atoms with Gasteiger partial charge in [0.2, 0.25) is 11.8 Å². The van der Waals surface area contributed by atoms with Crippen LogP contribution in [0.15, 0.2) is 35.7 Å². The lowest BCUT2D eigenvalue weighted by atomic mass is 10.1. The molecule has 0 bridgehead atoms. The molecular weight excluding hydrogens is 362 g/mol. The first kappa shape index (κ1) is 21.1. The largest absolute Gasteiger partial charge is 0.383 e. The molecule has 2 aromatic rings. The number of benzene rings is 1. The van der Waals surface area contributed by atoms with Crippen molar-refractivity contribution in [2.75, 3.05) is 38.7 Å². The number of ether oxygens (including phenoxy) is 1. The second-order valence-electron chi connectivity index (χ2n) is 6.36. The van der Waals surface area contributed by atoms with Crippen LogP contribution >= 0.6 is 11.3 Å². The van der Waals surface area contributed by atoms with Gasteiger partial charge in [-0.15, -0.1) is 11.3 Å². The maximum absolute atomic E-state index is 12.5. The summed E-state index contributed by atoms with van der Waals surface area (Å²) in [6.07, 6.45) is 0. The highest BCUT2D eigenvalue weighted by Crippen LogP contribution is 2.17. The Hall–Kier alpha value is -2.22. The minimum absolute atomic E-state index is 0.112. The van der Waals surface area contributed by atoms with Crippen molar-refractivity contribution in [3.05, 3.63) is 51.7 Å². The van der Waals surface area contributed by atoms with Gasteiger partial charge in [-0.3, -0.25) is 14.5 Å². The predicted octanol–water partition coefficient (Wildman–Crippen LogP) is 2.57. The van der Waals surface area contributed by atoms with Gasteiger partial charge in [-0.2, -0.15) is 0 Å². The molecule has 0 aliphatic carbocycles. The Kier molecular flexibility index (Phi) is 8.44. The Morgan fingerprint density at radius 2 is 1.89 bits per heavy atom. The summed E-state index contributed by atoms with van der Waals surface area (Å²) < 4.78 is 5.10. The molecule has 0 saturated heterocycles. The topological polar surface area (TPSA) is 70.7 Å². The van der Waals surface area contributed by atoms with Gasteiger partial charge in [0, 0.05) is 24.2 Å². The van der Waals surface area contributed by atoms with Crippen molar-refractivity contribution in [1.82, 2.24) is 10.2 Å². The number of rotatable bonds is 10. The molecule has 146 valence electrons. The van der Waals surface area contributed by atoms with Gasteiger partial charge in [0.1, 0.15) is 0 Å². The number of aryl methyl sites for hydroxylation is 1. The number of nitrogens with one attached hydrogen (secondary N) is 2. The third-order valence-electron chi connectivity index (χ3n) is 4.26. The van der Waals surface area contributed by atoms with Crippen LogP contribution in [-0.4, -0.2) is 50.1 Å². The van der Waals surface area contributed by atoms with E-state index in [1.165, 1.54) is 0 Å². The summed E-state index contributed by atoms with van der Waals surface area (Å²) >= 11 is 1.60. The highest BCUT2D eigenvalue weighted by molar-refractivity contribution is 7.09. The van der Waals surface area contributed by atoms with Gasteiger partial charge in [0.15, 0.2) is 0 Å². The van der Waals surface area contributed by atoms with Crippen molar-refractivity contribution in [2.45, 2.75) is 20.4 Å². The zero-order chi connectivity index (χ0) is 19.6. The summed E-state index contributed by atoms with van der Waals surface area (Å²) in [7, 11) is 1.60. The fourth-order valence-electron chi connectivity index (χ4n) is 2.57. The molecule has 1 heterocycles. The lowest BCUT2D eigenvalue weighted by Gasteiger charge is -2.21. The Morgan fingerprint density at radius 3 is 2.59 bits per heavy atom. The van der Waals surface area contributed by atoms with Crippen molar-refractivity contribution >= 4 is 28.8 Å². The average molecular weight is 390 g/mol. The van der Waals surface area contributed by atoms with Crippen molar-refractivity contribution in [3.8, 4) is 0 Å². The molecule has 7 heteroatoms. The predicted molar refractivity (Wildman–Crippen MR) is 109 cm³/mol. The van der Waals surface area contributed by atoms with Gasteiger partial charge in [0.05, 0.1) is 26.2 Å². The summed E-state index contributed by atoms with van der Waals surface area (Å²) in [5.74, 6) is -0.259. The molecule has 0 aliphatic heterocycles. The number of amides is 2. The molecule has 27 heavy (non-hydrogen) atoms. The maximum Gasteiger partial charge on any atom is 0.238 e. The number of carbonyl (C=O) groups is 2. The molecule has 0 aliphatic rings. The Morgan fingerprint density at radius 1 is 1.11 bits per heavy atom. The normalized spacial score (nSPS) is 10.8. The van der Waals surface area contributed by atoms with E-state index in [1.54, 1.807) is 23.3 Å². The van der Waals surface area contributed by atoms with Crippen LogP contribution in [0.5, 0.6) is 0 Å². The highest BCUT2D eigenvalue weighted by atomic mass is 32.1. The van der Waals surface area contributed by atoms with E-state index >= 15 is 0 Å². The quantitative estimate of drug-likeness (QED) is 0.655. The molecular formula is C20H27N3O3S. The van der Waals surface area contributed by atoms with E-state index in [-0.39, 0.29) is 24.9 Å². The van der Waals surface area contributed by atoms with Crippen LogP contribution in [0.1, 0.15) is 16.0 Å². The first-order chi connectivity index (χ1) is 13.0. The maximum atomic E-state index is 12.5. The van der Waals surface area contributed by atoms with Gasteiger partial charge < -0.3 is 15.4 Å².